The highest BCUT2D eigenvalue weighted by Crippen LogP contribution is 2.08. The van der Waals surface area contributed by atoms with Crippen molar-refractivity contribution in [2.75, 3.05) is 13.2 Å². The third-order valence-corrected chi connectivity index (χ3v) is 2.23. The first-order chi connectivity index (χ1) is 9.04. The van der Waals surface area contributed by atoms with E-state index < -0.39 is 11.9 Å². The van der Waals surface area contributed by atoms with Gasteiger partial charge in [-0.1, -0.05) is 18.7 Å². The SMILES string of the molecule is C=C(C)C(=O)OCc1ccc(C(=O)OCCO)cc1. The fraction of sp³-hybridized carbons (Fsp3) is 0.286. The highest BCUT2D eigenvalue weighted by molar-refractivity contribution is 5.89. The first-order valence-corrected chi connectivity index (χ1v) is 5.74. The van der Waals surface area contributed by atoms with Crippen LogP contribution in [0.4, 0.5) is 0 Å². The normalized spacial score (nSPS) is 9.79. The topological polar surface area (TPSA) is 72.8 Å². The quantitative estimate of drug-likeness (QED) is 0.622. The van der Waals surface area contributed by atoms with Gasteiger partial charge in [0.2, 0.25) is 0 Å². The molecule has 0 heterocycles. The van der Waals surface area contributed by atoms with Crippen LogP contribution < -0.4 is 0 Å². The second-order valence-corrected chi connectivity index (χ2v) is 3.91. The van der Waals surface area contributed by atoms with E-state index in [1.165, 1.54) is 0 Å². The molecule has 19 heavy (non-hydrogen) atoms. The number of aliphatic hydroxyl groups excluding tert-OH is 1. The van der Waals surface area contributed by atoms with E-state index in [0.29, 0.717) is 11.1 Å². The zero-order valence-corrected chi connectivity index (χ0v) is 10.7. The number of benzene rings is 1. The molecule has 0 aliphatic heterocycles. The van der Waals surface area contributed by atoms with Crippen LogP contribution in [0.3, 0.4) is 0 Å². The maximum absolute atomic E-state index is 11.4. The summed E-state index contributed by atoms with van der Waals surface area (Å²) in [5.74, 6) is -0.953. The van der Waals surface area contributed by atoms with E-state index in [-0.39, 0.29) is 19.8 Å². The van der Waals surface area contributed by atoms with Crippen molar-refractivity contribution in [3.8, 4) is 0 Å². The van der Waals surface area contributed by atoms with E-state index in [1.54, 1.807) is 31.2 Å². The molecule has 102 valence electrons. The van der Waals surface area contributed by atoms with Crippen molar-refractivity contribution in [1.82, 2.24) is 0 Å². The van der Waals surface area contributed by atoms with Gasteiger partial charge in [-0.15, -0.1) is 0 Å². The van der Waals surface area contributed by atoms with E-state index >= 15 is 0 Å². The van der Waals surface area contributed by atoms with Gasteiger partial charge in [-0.2, -0.15) is 0 Å². The minimum atomic E-state index is -0.500. The molecule has 5 nitrogen and oxygen atoms in total. The molecule has 0 bridgehead atoms. The van der Waals surface area contributed by atoms with Gasteiger partial charge in [-0.25, -0.2) is 9.59 Å². The molecule has 0 atom stereocenters. The molecule has 1 aromatic carbocycles. The number of hydrogen-bond acceptors (Lipinski definition) is 5. The van der Waals surface area contributed by atoms with Crippen LogP contribution in [-0.4, -0.2) is 30.3 Å². The molecule has 0 amide bonds. The number of hydrogen-bond donors (Lipinski definition) is 1. The summed E-state index contributed by atoms with van der Waals surface area (Å²) in [6.07, 6.45) is 0. The van der Waals surface area contributed by atoms with Crippen molar-refractivity contribution in [1.29, 1.82) is 0 Å². The Kier molecular flexibility index (Phi) is 5.75. The van der Waals surface area contributed by atoms with Crippen LogP contribution in [0.5, 0.6) is 0 Å². The van der Waals surface area contributed by atoms with Crippen LogP contribution in [0.25, 0.3) is 0 Å². The van der Waals surface area contributed by atoms with Crippen molar-refractivity contribution in [3.05, 3.63) is 47.5 Å². The number of ether oxygens (including phenoxy) is 2. The molecule has 1 rings (SSSR count). The van der Waals surface area contributed by atoms with Crippen LogP contribution >= 0.6 is 0 Å². The lowest BCUT2D eigenvalue weighted by atomic mass is 10.1. The maximum Gasteiger partial charge on any atom is 0.338 e. The summed E-state index contributed by atoms with van der Waals surface area (Å²) in [6, 6.07) is 6.48. The van der Waals surface area contributed by atoms with Gasteiger partial charge in [0.15, 0.2) is 0 Å². The Morgan fingerprint density at radius 3 is 2.37 bits per heavy atom. The number of carbonyl (C=O) groups excluding carboxylic acids is 2. The standard InChI is InChI=1S/C14H16O5/c1-10(2)13(16)19-9-11-3-5-12(6-4-11)14(17)18-8-7-15/h3-6,15H,1,7-9H2,2H3. The molecular weight excluding hydrogens is 248 g/mol. The molecular formula is C14H16O5. The number of esters is 2. The Hall–Kier alpha value is -2.14. The zero-order chi connectivity index (χ0) is 14.3. The Morgan fingerprint density at radius 2 is 1.84 bits per heavy atom. The van der Waals surface area contributed by atoms with Gasteiger partial charge in [0.05, 0.1) is 12.2 Å². The predicted molar refractivity (Wildman–Crippen MR) is 68.4 cm³/mol. The Morgan fingerprint density at radius 1 is 1.21 bits per heavy atom. The average Bonchev–Trinajstić information content (AvgIpc) is 2.42. The lowest BCUT2D eigenvalue weighted by molar-refractivity contribution is -0.140. The minimum absolute atomic E-state index is 0.0309. The number of carbonyl (C=O) groups is 2. The average molecular weight is 264 g/mol. The molecule has 0 aromatic heterocycles. The zero-order valence-electron chi connectivity index (χ0n) is 10.7. The van der Waals surface area contributed by atoms with Gasteiger partial charge in [-0.05, 0) is 24.6 Å². The third kappa shape index (κ3) is 4.93. The van der Waals surface area contributed by atoms with Crippen molar-refractivity contribution in [3.63, 3.8) is 0 Å². The van der Waals surface area contributed by atoms with Crippen LogP contribution in [0.2, 0.25) is 0 Å². The fourth-order valence-electron chi connectivity index (χ4n) is 1.23. The summed E-state index contributed by atoms with van der Waals surface area (Å²) in [5, 5.41) is 8.54. The van der Waals surface area contributed by atoms with Gasteiger partial charge in [-0.3, -0.25) is 0 Å². The Labute approximate surface area is 111 Å². The van der Waals surface area contributed by atoms with Crippen LogP contribution in [-0.2, 0) is 20.9 Å². The summed E-state index contributed by atoms with van der Waals surface area (Å²) in [7, 11) is 0. The molecule has 0 saturated carbocycles. The molecule has 0 unspecified atom stereocenters. The molecule has 1 aromatic rings. The fourth-order valence-corrected chi connectivity index (χ4v) is 1.23. The van der Waals surface area contributed by atoms with Crippen LogP contribution in [0, 0.1) is 0 Å². The lowest BCUT2D eigenvalue weighted by Crippen LogP contribution is -2.09. The highest BCUT2D eigenvalue weighted by Gasteiger charge is 2.07. The van der Waals surface area contributed by atoms with Gasteiger partial charge in [0.25, 0.3) is 0 Å². The molecule has 0 radical (unpaired) electrons. The third-order valence-electron chi connectivity index (χ3n) is 2.23. The monoisotopic (exact) mass is 264 g/mol. The number of rotatable bonds is 6. The van der Waals surface area contributed by atoms with Gasteiger partial charge in [0.1, 0.15) is 13.2 Å². The first kappa shape index (κ1) is 14.9. The Balaban J connectivity index is 2.54. The Bertz CT molecular complexity index is 461. The van der Waals surface area contributed by atoms with Gasteiger partial charge < -0.3 is 14.6 Å². The smallest absolute Gasteiger partial charge is 0.338 e. The van der Waals surface area contributed by atoms with Gasteiger partial charge in [0, 0.05) is 5.57 Å². The molecule has 0 fully saturated rings. The highest BCUT2D eigenvalue weighted by atomic mass is 16.5. The predicted octanol–water partition coefficient (Wildman–Crippen LogP) is 1.45. The summed E-state index contributed by atoms with van der Waals surface area (Å²) < 4.78 is 9.73. The molecule has 0 spiro atoms. The van der Waals surface area contributed by atoms with E-state index in [1.807, 2.05) is 0 Å². The largest absolute Gasteiger partial charge is 0.460 e. The summed E-state index contributed by atoms with van der Waals surface area (Å²) in [4.78, 5) is 22.6. The molecule has 5 heteroatoms. The van der Waals surface area contributed by atoms with Crippen molar-refractivity contribution in [2.45, 2.75) is 13.5 Å². The maximum atomic E-state index is 11.4. The molecule has 1 N–H and O–H groups in total. The van der Waals surface area contributed by atoms with E-state index in [2.05, 4.69) is 6.58 Å². The second-order valence-electron chi connectivity index (χ2n) is 3.91. The first-order valence-electron chi connectivity index (χ1n) is 5.74. The van der Waals surface area contributed by atoms with E-state index in [0.717, 1.165) is 5.56 Å². The lowest BCUT2D eigenvalue weighted by Gasteiger charge is -2.06. The number of aliphatic hydroxyl groups is 1. The summed E-state index contributed by atoms with van der Waals surface area (Å²) in [6.45, 7) is 4.93. The van der Waals surface area contributed by atoms with Crippen LogP contribution in [0.1, 0.15) is 22.8 Å². The summed E-state index contributed by atoms with van der Waals surface area (Å²) in [5.41, 5.74) is 1.47. The minimum Gasteiger partial charge on any atom is -0.460 e. The molecule has 0 saturated heterocycles. The van der Waals surface area contributed by atoms with E-state index in [9.17, 15) is 9.59 Å². The molecule has 0 aliphatic carbocycles. The van der Waals surface area contributed by atoms with Crippen molar-refractivity contribution in [2.24, 2.45) is 0 Å². The van der Waals surface area contributed by atoms with Crippen LogP contribution in [0.15, 0.2) is 36.4 Å². The molecule has 0 aliphatic rings. The van der Waals surface area contributed by atoms with Gasteiger partial charge >= 0.3 is 11.9 Å². The second kappa shape index (κ2) is 7.33. The summed E-state index contributed by atoms with van der Waals surface area (Å²) >= 11 is 0. The van der Waals surface area contributed by atoms with Crippen molar-refractivity contribution < 1.29 is 24.2 Å². The van der Waals surface area contributed by atoms with E-state index in [4.69, 9.17) is 14.6 Å². The van der Waals surface area contributed by atoms with Crippen molar-refractivity contribution >= 4 is 11.9 Å².